The second-order valence-corrected chi connectivity index (χ2v) is 4.86. The predicted octanol–water partition coefficient (Wildman–Crippen LogP) is 2.38. The van der Waals surface area contributed by atoms with Gasteiger partial charge in [-0.3, -0.25) is 9.78 Å². The lowest BCUT2D eigenvalue weighted by Crippen LogP contribution is -2.17. The van der Waals surface area contributed by atoms with Crippen LogP contribution < -0.4 is 4.74 Å². The van der Waals surface area contributed by atoms with Gasteiger partial charge in [-0.05, 0) is 37.3 Å². The number of unbranched alkanes of at least 4 members (excludes halogenated alkanes) is 1. The maximum Gasteiger partial charge on any atom is 0.303 e. The van der Waals surface area contributed by atoms with Crippen LogP contribution in [0.4, 0.5) is 0 Å². The predicted molar refractivity (Wildman–Crippen MR) is 72.5 cm³/mol. The molecule has 0 amide bonds. The van der Waals surface area contributed by atoms with E-state index in [-0.39, 0.29) is 12.1 Å². The standard InChI is InChI=1S/C15H19NO4/c1-11(18)20-14-6-4-5-12-9-13(10-16-15(12)14)19-8-3-2-7-17/h7,9-10,14H,2-6,8H2,1H3. The lowest BCUT2D eigenvalue weighted by atomic mass is 9.93. The highest BCUT2D eigenvalue weighted by Crippen LogP contribution is 2.32. The Labute approximate surface area is 118 Å². The number of fused-ring (bicyclic) bond motifs is 1. The Morgan fingerprint density at radius 3 is 3.15 bits per heavy atom. The summed E-state index contributed by atoms with van der Waals surface area (Å²) in [5, 5.41) is 0. The highest BCUT2D eigenvalue weighted by molar-refractivity contribution is 5.66. The van der Waals surface area contributed by atoms with E-state index in [1.807, 2.05) is 6.07 Å². The fraction of sp³-hybridized carbons (Fsp3) is 0.533. The maximum absolute atomic E-state index is 11.1. The number of rotatable bonds is 6. The van der Waals surface area contributed by atoms with Crippen molar-refractivity contribution in [3.8, 4) is 5.75 Å². The van der Waals surface area contributed by atoms with E-state index in [1.54, 1.807) is 6.20 Å². The van der Waals surface area contributed by atoms with E-state index in [0.29, 0.717) is 25.2 Å². The first-order chi connectivity index (χ1) is 9.70. The van der Waals surface area contributed by atoms with Crippen LogP contribution >= 0.6 is 0 Å². The van der Waals surface area contributed by atoms with Gasteiger partial charge in [0.25, 0.3) is 0 Å². The van der Waals surface area contributed by atoms with Crippen molar-refractivity contribution in [2.75, 3.05) is 6.61 Å². The molecule has 5 nitrogen and oxygen atoms in total. The monoisotopic (exact) mass is 277 g/mol. The van der Waals surface area contributed by atoms with Crippen molar-refractivity contribution in [1.29, 1.82) is 0 Å². The van der Waals surface area contributed by atoms with E-state index in [9.17, 15) is 9.59 Å². The average Bonchev–Trinajstić information content (AvgIpc) is 2.43. The van der Waals surface area contributed by atoms with Crippen molar-refractivity contribution < 1.29 is 19.1 Å². The molecule has 108 valence electrons. The van der Waals surface area contributed by atoms with Crippen LogP contribution in [0.5, 0.6) is 5.75 Å². The fourth-order valence-corrected chi connectivity index (χ4v) is 2.35. The summed E-state index contributed by atoms with van der Waals surface area (Å²) in [6.07, 6.45) is 6.23. The third-order valence-electron chi connectivity index (χ3n) is 3.24. The molecule has 1 aliphatic rings. The van der Waals surface area contributed by atoms with Gasteiger partial charge in [-0.1, -0.05) is 0 Å². The van der Waals surface area contributed by atoms with Crippen molar-refractivity contribution in [2.24, 2.45) is 0 Å². The molecule has 0 saturated heterocycles. The summed E-state index contributed by atoms with van der Waals surface area (Å²) in [7, 11) is 0. The number of pyridine rings is 1. The Hall–Kier alpha value is -1.91. The molecular weight excluding hydrogens is 258 g/mol. The molecule has 1 unspecified atom stereocenters. The van der Waals surface area contributed by atoms with Gasteiger partial charge in [0, 0.05) is 13.3 Å². The van der Waals surface area contributed by atoms with Crippen LogP contribution in [0.2, 0.25) is 0 Å². The van der Waals surface area contributed by atoms with Crippen molar-refractivity contribution in [3.05, 3.63) is 23.5 Å². The number of carbonyl (C=O) groups is 2. The van der Waals surface area contributed by atoms with Gasteiger partial charge in [-0.15, -0.1) is 0 Å². The molecule has 0 aromatic carbocycles. The molecule has 0 radical (unpaired) electrons. The van der Waals surface area contributed by atoms with E-state index < -0.39 is 0 Å². The molecule has 5 heteroatoms. The highest BCUT2D eigenvalue weighted by Gasteiger charge is 2.24. The Bertz CT molecular complexity index is 487. The SMILES string of the molecule is CC(=O)OC1CCCc2cc(OCCCC=O)cnc21. The van der Waals surface area contributed by atoms with Gasteiger partial charge in [-0.25, -0.2) is 0 Å². The van der Waals surface area contributed by atoms with Gasteiger partial charge >= 0.3 is 5.97 Å². The van der Waals surface area contributed by atoms with Crippen LogP contribution in [-0.2, 0) is 20.7 Å². The summed E-state index contributed by atoms with van der Waals surface area (Å²) in [5.41, 5.74) is 1.92. The Balaban J connectivity index is 2.03. The molecule has 20 heavy (non-hydrogen) atoms. The van der Waals surface area contributed by atoms with Crippen LogP contribution in [0.3, 0.4) is 0 Å². The number of aryl methyl sites for hydroxylation is 1. The summed E-state index contributed by atoms with van der Waals surface area (Å²) < 4.78 is 10.9. The number of nitrogens with zero attached hydrogens (tertiary/aromatic N) is 1. The lowest BCUT2D eigenvalue weighted by molar-refractivity contribution is -0.147. The third kappa shape index (κ3) is 3.79. The largest absolute Gasteiger partial charge is 0.492 e. The van der Waals surface area contributed by atoms with E-state index in [0.717, 1.165) is 36.8 Å². The van der Waals surface area contributed by atoms with Crippen molar-refractivity contribution >= 4 is 12.3 Å². The summed E-state index contributed by atoms with van der Waals surface area (Å²) in [5.74, 6) is 0.428. The number of carbonyl (C=O) groups excluding carboxylic acids is 2. The topological polar surface area (TPSA) is 65.5 Å². The molecule has 0 bridgehead atoms. The molecule has 2 rings (SSSR count). The Morgan fingerprint density at radius 1 is 1.55 bits per heavy atom. The van der Waals surface area contributed by atoms with E-state index in [1.165, 1.54) is 6.92 Å². The molecule has 1 heterocycles. The van der Waals surface area contributed by atoms with Gasteiger partial charge in [0.1, 0.15) is 18.1 Å². The zero-order valence-corrected chi connectivity index (χ0v) is 11.6. The minimum atomic E-state index is -0.279. The van der Waals surface area contributed by atoms with Crippen molar-refractivity contribution in [1.82, 2.24) is 4.98 Å². The highest BCUT2D eigenvalue weighted by atomic mass is 16.5. The molecule has 0 spiro atoms. The van der Waals surface area contributed by atoms with Crippen LogP contribution in [0.1, 0.15) is 50.0 Å². The van der Waals surface area contributed by atoms with E-state index >= 15 is 0 Å². The summed E-state index contributed by atoms with van der Waals surface area (Å²) >= 11 is 0. The quantitative estimate of drug-likeness (QED) is 0.454. The van der Waals surface area contributed by atoms with Crippen LogP contribution in [0.25, 0.3) is 0 Å². The van der Waals surface area contributed by atoms with Crippen molar-refractivity contribution in [3.63, 3.8) is 0 Å². The van der Waals surface area contributed by atoms with E-state index in [4.69, 9.17) is 9.47 Å². The second-order valence-electron chi connectivity index (χ2n) is 4.86. The van der Waals surface area contributed by atoms with Gasteiger partial charge in [0.05, 0.1) is 18.5 Å². The normalized spacial score (nSPS) is 17.1. The molecule has 1 aliphatic carbocycles. The molecule has 1 aromatic heterocycles. The Morgan fingerprint density at radius 2 is 2.40 bits per heavy atom. The minimum Gasteiger partial charge on any atom is -0.492 e. The van der Waals surface area contributed by atoms with Crippen LogP contribution in [0, 0.1) is 0 Å². The Kier molecular flexibility index (Phi) is 5.09. The first kappa shape index (κ1) is 14.5. The maximum atomic E-state index is 11.1. The van der Waals surface area contributed by atoms with Crippen LogP contribution in [0.15, 0.2) is 12.3 Å². The fourth-order valence-electron chi connectivity index (χ4n) is 2.35. The van der Waals surface area contributed by atoms with Gasteiger partial charge < -0.3 is 14.3 Å². The molecule has 0 aliphatic heterocycles. The van der Waals surface area contributed by atoms with Gasteiger partial charge in [0.2, 0.25) is 0 Å². The first-order valence-electron chi connectivity index (χ1n) is 6.93. The zero-order chi connectivity index (χ0) is 14.4. The number of ether oxygens (including phenoxy) is 2. The average molecular weight is 277 g/mol. The summed E-state index contributed by atoms with van der Waals surface area (Å²) in [6.45, 7) is 1.92. The summed E-state index contributed by atoms with van der Waals surface area (Å²) in [6, 6.07) is 1.96. The van der Waals surface area contributed by atoms with E-state index in [2.05, 4.69) is 4.98 Å². The number of esters is 1. The molecule has 1 aromatic rings. The minimum absolute atomic E-state index is 0.236. The van der Waals surface area contributed by atoms with Gasteiger partial charge in [-0.2, -0.15) is 0 Å². The number of hydrogen-bond acceptors (Lipinski definition) is 5. The lowest BCUT2D eigenvalue weighted by Gasteiger charge is -2.24. The van der Waals surface area contributed by atoms with Gasteiger partial charge in [0.15, 0.2) is 0 Å². The first-order valence-corrected chi connectivity index (χ1v) is 6.93. The van der Waals surface area contributed by atoms with Crippen molar-refractivity contribution in [2.45, 2.75) is 45.1 Å². The molecule has 0 N–H and O–H groups in total. The smallest absolute Gasteiger partial charge is 0.303 e. The molecule has 1 atom stereocenters. The summed E-state index contributed by atoms with van der Waals surface area (Å²) in [4.78, 5) is 25.7. The second kappa shape index (κ2) is 7.03. The van der Waals surface area contributed by atoms with Crippen LogP contribution in [-0.4, -0.2) is 23.8 Å². The molecule has 0 saturated carbocycles. The number of aldehydes is 1. The zero-order valence-electron chi connectivity index (χ0n) is 11.6. The number of hydrogen-bond donors (Lipinski definition) is 0. The third-order valence-corrected chi connectivity index (χ3v) is 3.24. The molecular formula is C15H19NO4. The number of aromatic nitrogens is 1. The molecule has 0 fully saturated rings.